The first-order chi connectivity index (χ1) is 5.14. The minimum Gasteiger partial charge on any atom is -0.348 e. The molecule has 11 heavy (non-hydrogen) atoms. The maximum Gasteiger partial charge on any atom is 0.163 e. The molecular formula is C8H15IO2. The Bertz CT molecular complexity index is 125. The van der Waals surface area contributed by atoms with Gasteiger partial charge >= 0.3 is 0 Å². The second-order valence-corrected chi connectivity index (χ2v) is 4.36. The van der Waals surface area contributed by atoms with Crippen LogP contribution in [0, 0.1) is 0 Å². The SMILES string of the molecule is CC1(C)OCC(CCCI)O1. The smallest absolute Gasteiger partial charge is 0.163 e. The quantitative estimate of drug-likeness (QED) is 0.579. The molecule has 0 N–H and O–H groups in total. The van der Waals surface area contributed by atoms with Gasteiger partial charge in [0.1, 0.15) is 0 Å². The summed E-state index contributed by atoms with van der Waals surface area (Å²) < 4.78 is 12.3. The third-order valence-corrected chi connectivity index (χ3v) is 2.49. The predicted molar refractivity (Wildman–Crippen MR) is 53.0 cm³/mol. The Balaban J connectivity index is 2.20. The summed E-state index contributed by atoms with van der Waals surface area (Å²) in [4.78, 5) is 0. The molecule has 0 aromatic heterocycles. The Morgan fingerprint density at radius 2 is 2.27 bits per heavy atom. The molecule has 0 saturated carbocycles. The van der Waals surface area contributed by atoms with Gasteiger partial charge in [-0.1, -0.05) is 22.6 Å². The van der Waals surface area contributed by atoms with Gasteiger partial charge in [-0.15, -0.1) is 0 Å². The molecule has 2 nitrogen and oxygen atoms in total. The molecule has 1 aliphatic heterocycles. The van der Waals surface area contributed by atoms with Gasteiger partial charge in [-0.2, -0.15) is 0 Å². The molecule has 0 aliphatic carbocycles. The van der Waals surface area contributed by atoms with Crippen LogP contribution in [0.1, 0.15) is 26.7 Å². The second kappa shape index (κ2) is 4.05. The largest absolute Gasteiger partial charge is 0.348 e. The van der Waals surface area contributed by atoms with Crippen LogP contribution in [-0.4, -0.2) is 22.9 Å². The molecule has 0 spiro atoms. The van der Waals surface area contributed by atoms with Crippen LogP contribution in [0.5, 0.6) is 0 Å². The number of ether oxygens (including phenoxy) is 2. The summed E-state index contributed by atoms with van der Waals surface area (Å²) >= 11 is 2.39. The third-order valence-electron chi connectivity index (χ3n) is 1.73. The number of halogens is 1. The number of rotatable bonds is 3. The maximum absolute atomic E-state index is 5.63. The minimum absolute atomic E-state index is 0.333. The molecule has 1 aliphatic rings. The van der Waals surface area contributed by atoms with Crippen LogP contribution in [-0.2, 0) is 9.47 Å². The van der Waals surface area contributed by atoms with Gasteiger partial charge < -0.3 is 9.47 Å². The molecule has 0 bridgehead atoms. The Morgan fingerprint density at radius 3 is 2.73 bits per heavy atom. The van der Waals surface area contributed by atoms with Crippen molar-refractivity contribution >= 4 is 22.6 Å². The number of hydrogen-bond donors (Lipinski definition) is 0. The van der Waals surface area contributed by atoms with Gasteiger partial charge in [-0.3, -0.25) is 0 Å². The van der Waals surface area contributed by atoms with Crippen molar-refractivity contribution < 1.29 is 9.47 Å². The molecule has 3 heteroatoms. The van der Waals surface area contributed by atoms with Gasteiger partial charge in [0.15, 0.2) is 5.79 Å². The highest BCUT2D eigenvalue weighted by molar-refractivity contribution is 14.1. The first kappa shape index (κ1) is 9.74. The molecule has 66 valence electrons. The van der Waals surface area contributed by atoms with E-state index in [1.165, 1.54) is 10.8 Å². The monoisotopic (exact) mass is 270 g/mol. The average molecular weight is 270 g/mol. The lowest BCUT2D eigenvalue weighted by atomic mass is 10.2. The minimum atomic E-state index is -0.337. The van der Waals surface area contributed by atoms with Gasteiger partial charge in [0, 0.05) is 0 Å². The number of hydrogen-bond acceptors (Lipinski definition) is 2. The van der Waals surface area contributed by atoms with Gasteiger partial charge in [0.25, 0.3) is 0 Å². The Morgan fingerprint density at radius 1 is 1.55 bits per heavy atom. The summed E-state index contributed by atoms with van der Waals surface area (Å²) in [5.41, 5.74) is 0. The fraction of sp³-hybridized carbons (Fsp3) is 1.00. The topological polar surface area (TPSA) is 18.5 Å². The Kier molecular flexibility index (Phi) is 3.58. The van der Waals surface area contributed by atoms with Crippen LogP contribution in [0.4, 0.5) is 0 Å². The summed E-state index contributed by atoms with van der Waals surface area (Å²) in [7, 11) is 0. The molecule has 0 aromatic rings. The van der Waals surface area contributed by atoms with Gasteiger partial charge in [0.05, 0.1) is 12.7 Å². The van der Waals surface area contributed by atoms with Crippen molar-refractivity contribution in [3.8, 4) is 0 Å². The van der Waals surface area contributed by atoms with Crippen LogP contribution in [0.15, 0.2) is 0 Å². The van der Waals surface area contributed by atoms with Gasteiger partial charge in [0.2, 0.25) is 0 Å². The molecule has 1 heterocycles. The van der Waals surface area contributed by atoms with E-state index in [2.05, 4.69) is 22.6 Å². The van der Waals surface area contributed by atoms with Crippen molar-refractivity contribution in [3.05, 3.63) is 0 Å². The summed E-state index contributed by atoms with van der Waals surface area (Å²) in [6.45, 7) is 4.71. The van der Waals surface area contributed by atoms with Crippen LogP contribution < -0.4 is 0 Å². The molecule has 1 fully saturated rings. The molecule has 0 aromatic carbocycles. The zero-order valence-electron chi connectivity index (χ0n) is 7.10. The highest BCUT2D eigenvalue weighted by Gasteiger charge is 2.31. The highest BCUT2D eigenvalue weighted by atomic mass is 127. The van der Waals surface area contributed by atoms with Gasteiger partial charge in [-0.25, -0.2) is 0 Å². The van der Waals surface area contributed by atoms with Crippen LogP contribution in [0.25, 0.3) is 0 Å². The molecule has 0 amide bonds. The molecule has 0 radical (unpaired) electrons. The lowest BCUT2D eigenvalue weighted by Gasteiger charge is -2.16. The normalized spacial score (nSPS) is 29.2. The van der Waals surface area contributed by atoms with E-state index >= 15 is 0 Å². The van der Waals surface area contributed by atoms with E-state index < -0.39 is 0 Å². The first-order valence-electron chi connectivity index (χ1n) is 4.02. The average Bonchev–Trinajstić information content (AvgIpc) is 2.26. The highest BCUT2D eigenvalue weighted by Crippen LogP contribution is 2.24. The Hall–Kier alpha value is 0.650. The van der Waals surface area contributed by atoms with Crippen molar-refractivity contribution in [3.63, 3.8) is 0 Å². The third kappa shape index (κ3) is 3.25. The van der Waals surface area contributed by atoms with Crippen LogP contribution in [0.2, 0.25) is 0 Å². The van der Waals surface area contributed by atoms with Crippen molar-refractivity contribution in [2.24, 2.45) is 0 Å². The lowest BCUT2D eigenvalue weighted by Crippen LogP contribution is -2.21. The van der Waals surface area contributed by atoms with E-state index in [0.29, 0.717) is 6.10 Å². The fourth-order valence-electron chi connectivity index (χ4n) is 1.21. The maximum atomic E-state index is 5.63. The molecule has 1 saturated heterocycles. The summed E-state index contributed by atoms with van der Waals surface area (Å²) in [6, 6.07) is 0. The first-order valence-corrected chi connectivity index (χ1v) is 5.54. The Labute approximate surface area is 81.8 Å². The van der Waals surface area contributed by atoms with Gasteiger partial charge in [-0.05, 0) is 31.1 Å². The molecular weight excluding hydrogens is 255 g/mol. The number of alkyl halides is 1. The molecule has 1 unspecified atom stereocenters. The molecule has 1 atom stereocenters. The van der Waals surface area contributed by atoms with Crippen molar-refractivity contribution in [2.75, 3.05) is 11.0 Å². The van der Waals surface area contributed by atoms with Crippen molar-refractivity contribution in [1.29, 1.82) is 0 Å². The zero-order valence-corrected chi connectivity index (χ0v) is 9.26. The second-order valence-electron chi connectivity index (χ2n) is 3.28. The fourth-order valence-corrected chi connectivity index (χ4v) is 1.65. The van der Waals surface area contributed by atoms with Crippen LogP contribution >= 0.6 is 22.6 Å². The molecule has 1 rings (SSSR count). The predicted octanol–water partition coefficient (Wildman–Crippen LogP) is 2.35. The van der Waals surface area contributed by atoms with E-state index in [9.17, 15) is 0 Å². The zero-order chi connectivity index (χ0) is 8.32. The van der Waals surface area contributed by atoms with Crippen LogP contribution in [0.3, 0.4) is 0 Å². The van der Waals surface area contributed by atoms with E-state index in [-0.39, 0.29) is 5.79 Å². The lowest BCUT2D eigenvalue weighted by molar-refractivity contribution is -0.138. The summed E-state index contributed by atoms with van der Waals surface area (Å²) in [6.07, 6.45) is 2.69. The summed E-state index contributed by atoms with van der Waals surface area (Å²) in [5, 5.41) is 0. The van der Waals surface area contributed by atoms with E-state index in [0.717, 1.165) is 13.0 Å². The van der Waals surface area contributed by atoms with E-state index in [1.807, 2.05) is 13.8 Å². The van der Waals surface area contributed by atoms with Crippen molar-refractivity contribution in [1.82, 2.24) is 0 Å². The summed E-state index contributed by atoms with van der Waals surface area (Å²) in [5.74, 6) is -0.337. The standard InChI is InChI=1S/C8H15IO2/c1-8(2)10-6-7(11-8)4-3-5-9/h7H,3-6H2,1-2H3. The van der Waals surface area contributed by atoms with Crippen molar-refractivity contribution in [2.45, 2.75) is 38.6 Å². The van der Waals surface area contributed by atoms with E-state index in [4.69, 9.17) is 9.47 Å². The van der Waals surface area contributed by atoms with E-state index in [1.54, 1.807) is 0 Å².